The van der Waals surface area contributed by atoms with E-state index in [0.29, 0.717) is 18.7 Å². The van der Waals surface area contributed by atoms with E-state index < -0.39 is 30.8 Å². The van der Waals surface area contributed by atoms with Gasteiger partial charge in [0.05, 0.1) is 18.7 Å². The van der Waals surface area contributed by atoms with Crippen LogP contribution in [0.2, 0.25) is 0 Å². The predicted octanol–water partition coefficient (Wildman–Crippen LogP) is 4.19. The molecule has 0 amide bonds. The van der Waals surface area contributed by atoms with Gasteiger partial charge in [-0.3, -0.25) is 0 Å². The molecule has 1 aliphatic rings. The lowest BCUT2D eigenvalue weighted by atomic mass is 10.1. The normalized spacial score (nSPS) is 15.4. The van der Waals surface area contributed by atoms with Crippen LogP contribution >= 0.6 is 0 Å². The van der Waals surface area contributed by atoms with E-state index in [1.165, 1.54) is 4.90 Å². The molecule has 3 aromatic heterocycles. The summed E-state index contributed by atoms with van der Waals surface area (Å²) in [7, 11) is 1.97. The summed E-state index contributed by atoms with van der Waals surface area (Å²) in [5.74, 6) is -1.74. The summed E-state index contributed by atoms with van der Waals surface area (Å²) in [6.07, 6.45) is -0.452. The minimum Gasteiger partial charge on any atom is -0.345 e. The standard InChI is InChI=1S/C22H25F5N8/c1-14-29-10-17(30-14)11-34(2)7-3-4-16-9-19(33-20(31-16)35-12-21(23,24)13-35)32-18-8-15(5-6-28-18)22(25,26)27/h5-6,8-10H,3-4,7,11-13H2,1-2H3,(H,29,30)(H,28,31,32,33). The number of halogens is 5. The first-order valence-corrected chi connectivity index (χ1v) is 11.0. The van der Waals surface area contributed by atoms with Crippen molar-refractivity contribution in [1.82, 2.24) is 29.8 Å². The third kappa shape index (κ3) is 6.62. The van der Waals surface area contributed by atoms with E-state index in [1.807, 2.05) is 14.0 Å². The number of nitrogens with one attached hydrogen (secondary N) is 2. The van der Waals surface area contributed by atoms with E-state index >= 15 is 0 Å². The van der Waals surface area contributed by atoms with E-state index in [1.54, 1.807) is 12.3 Å². The number of nitrogens with zero attached hydrogens (tertiary/aromatic N) is 6. The third-order valence-corrected chi connectivity index (χ3v) is 5.41. The fourth-order valence-corrected chi connectivity index (χ4v) is 3.73. The van der Waals surface area contributed by atoms with Crippen LogP contribution in [0.4, 0.5) is 39.5 Å². The fraction of sp³-hybridized carbons (Fsp3) is 0.455. The molecule has 1 fully saturated rings. The summed E-state index contributed by atoms with van der Waals surface area (Å²) < 4.78 is 65.9. The van der Waals surface area contributed by atoms with Gasteiger partial charge >= 0.3 is 6.18 Å². The number of hydrogen-bond acceptors (Lipinski definition) is 7. The Kier molecular flexibility index (Phi) is 6.88. The van der Waals surface area contributed by atoms with Crippen molar-refractivity contribution < 1.29 is 22.0 Å². The zero-order valence-corrected chi connectivity index (χ0v) is 19.2. The molecule has 4 rings (SSSR count). The second kappa shape index (κ2) is 9.72. The Balaban J connectivity index is 1.46. The number of pyridine rings is 1. The zero-order valence-electron chi connectivity index (χ0n) is 19.2. The summed E-state index contributed by atoms with van der Waals surface area (Å²) in [6, 6.07) is 3.33. The maximum atomic E-state index is 13.4. The number of hydrogen-bond donors (Lipinski definition) is 2. The van der Waals surface area contributed by atoms with E-state index in [0.717, 1.165) is 42.8 Å². The van der Waals surface area contributed by atoms with Crippen LogP contribution in [0.25, 0.3) is 0 Å². The summed E-state index contributed by atoms with van der Waals surface area (Å²) >= 11 is 0. The maximum absolute atomic E-state index is 13.4. The van der Waals surface area contributed by atoms with Crippen molar-refractivity contribution in [2.24, 2.45) is 0 Å². The molecule has 0 bridgehead atoms. The molecule has 4 heterocycles. The van der Waals surface area contributed by atoms with Gasteiger partial charge in [0.25, 0.3) is 5.92 Å². The van der Waals surface area contributed by atoms with Gasteiger partial charge in [-0.1, -0.05) is 0 Å². The Morgan fingerprint density at radius 3 is 2.57 bits per heavy atom. The average molecular weight is 496 g/mol. The summed E-state index contributed by atoms with van der Waals surface area (Å²) in [5, 5.41) is 2.76. The van der Waals surface area contributed by atoms with E-state index in [4.69, 9.17) is 0 Å². The summed E-state index contributed by atoms with van der Waals surface area (Å²) in [5.41, 5.74) is 0.723. The Hall–Kier alpha value is -3.35. The Labute approximate surface area is 198 Å². The van der Waals surface area contributed by atoms with E-state index in [2.05, 4.69) is 35.1 Å². The van der Waals surface area contributed by atoms with Crippen molar-refractivity contribution in [1.29, 1.82) is 0 Å². The van der Waals surface area contributed by atoms with Gasteiger partial charge in [0.15, 0.2) is 0 Å². The lowest BCUT2D eigenvalue weighted by Crippen LogP contribution is -2.57. The lowest BCUT2D eigenvalue weighted by Gasteiger charge is -2.38. The number of aromatic nitrogens is 5. The molecule has 0 unspecified atom stereocenters. The summed E-state index contributed by atoms with van der Waals surface area (Å²) in [4.78, 5) is 23.4. The Morgan fingerprint density at radius 2 is 1.91 bits per heavy atom. The van der Waals surface area contributed by atoms with Crippen molar-refractivity contribution in [3.63, 3.8) is 0 Å². The number of H-pyrrole nitrogens is 1. The van der Waals surface area contributed by atoms with Crippen LogP contribution < -0.4 is 10.2 Å². The number of aromatic amines is 1. The van der Waals surface area contributed by atoms with Gasteiger partial charge in [-0.2, -0.15) is 18.2 Å². The second-order valence-electron chi connectivity index (χ2n) is 8.64. The minimum atomic E-state index is -4.52. The second-order valence-corrected chi connectivity index (χ2v) is 8.64. The largest absolute Gasteiger partial charge is 0.416 e. The molecule has 3 aromatic rings. The quantitative estimate of drug-likeness (QED) is 0.430. The van der Waals surface area contributed by atoms with E-state index in [-0.39, 0.29) is 17.6 Å². The van der Waals surface area contributed by atoms with Crippen molar-refractivity contribution in [3.05, 3.63) is 53.4 Å². The highest BCUT2D eigenvalue weighted by atomic mass is 19.4. The topological polar surface area (TPSA) is 85.9 Å². The van der Waals surface area contributed by atoms with Crippen molar-refractivity contribution in [3.8, 4) is 0 Å². The molecule has 1 aliphatic heterocycles. The molecule has 0 saturated carbocycles. The summed E-state index contributed by atoms with van der Waals surface area (Å²) in [6.45, 7) is 2.28. The number of aryl methyl sites for hydroxylation is 2. The lowest BCUT2D eigenvalue weighted by molar-refractivity contribution is -0.137. The highest BCUT2D eigenvalue weighted by Gasteiger charge is 2.45. The molecule has 1 saturated heterocycles. The first-order chi connectivity index (χ1) is 16.5. The highest BCUT2D eigenvalue weighted by Crippen LogP contribution is 2.32. The molecule has 0 aliphatic carbocycles. The van der Waals surface area contributed by atoms with Crippen molar-refractivity contribution in [2.75, 3.05) is 36.9 Å². The molecule has 0 spiro atoms. The maximum Gasteiger partial charge on any atom is 0.416 e. The van der Waals surface area contributed by atoms with Gasteiger partial charge in [0.2, 0.25) is 5.95 Å². The smallest absolute Gasteiger partial charge is 0.345 e. The van der Waals surface area contributed by atoms with Crippen molar-refractivity contribution >= 4 is 17.6 Å². The van der Waals surface area contributed by atoms with Crippen LogP contribution in [0.5, 0.6) is 0 Å². The fourth-order valence-electron chi connectivity index (χ4n) is 3.73. The first-order valence-electron chi connectivity index (χ1n) is 11.0. The average Bonchev–Trinajstić information content (AvgIpc) is 3.16. The van der Waals surface area contributed by atoms with Gasteiger partial charge in [0, 0.05) is 36.4 Å². The monoisotopic (exact) mass is 496 g/mol. The van der Waals surface area contributed by atoms with Crippen LogP contribution in [-0.2, 0) is 19.1 Å². The van der Waals surface area contributed by atoms with Crippen LogP contribution in [0.15, 0.2) is 30.6 Å². The molecule has 0 atom stereocenters. The molecular formula is C22H25F5N8. The van der Waals surface area contributed by atoms with Gasteiger partial charge in [-0.15, -0.1) is 0 Å². The van der Waals surface area contributed by atoms with Crippen LogP contribution in [0.1, 0.15) is 29.2 Å². The van der Waals surface area contributed by atoms with Gasteiger partial charge < -0.3 is 20.1 Å². The van der Waals surface area contributed by atoms with Crippen LogP contribution in [-0.4, -0.2) is 62.4 Å². The van der Waals surface area contributed by atoms with Crippen LogP contribution in [0, 0.1) is 6.92 Å². The molecular weight excluding hydrogens is 471 g/mol. The Bertz CT molecular complexity index is 1150. The predicted molar refractivity (Wildman–Crippen MR) is 120 cm³/mol. The number of imidazole rings is 1. The van der Waals surface area contributed by atoms with Gasteiger partial charge in [0.1, 0.15) is 17.5 Å². The SMILES string of the molecule is Cc1ncc(CN(C)CCCc2cc(Nc3cc(C(F)(F)F)ccn3)nc(N3CC(F)(F)C3)n2)[nH]1. The van der Waals surface area contributed by atoms with E-state index in [9.17, 15) is 22.0 Å². The molecule has 8 nitrogen and oxygen atoms in total. The molecule has 35 heavy (non-hydrogen) atoms. The number of rotatable bonds is 9. The zero-order chi connectivity index (χ0) is 25.2. The Morgan fingerprint density at radius 1 is 1.14 bits per heavy atom. The molecule has 2 N–H and O–H groups in total. The highest BCUT2D eigenvalue weighted by molar-refractivity contribution is 5.55. The molecule has 188 valence electrons. The number of alkyl halides is 5. The molecule has 0 radical (unpaired) electrons. The molecule has 0 aromatic carbocycles. The van der Waals surface area contributed by atoms with Gasteiger partial charge in [-0.05, 0) is 45.5 Å². The van der Waals surface area contributed by atoms with Crippen LogP contribution in [0.3, 0.4) is 0 Å². The van der Waals surface area contributed by atoms with Gasteiger partial charge in [-0.25, -0.2) is 23.7 Å². The van der Waals surface area contributed by atoms with Crippen molar-refractivity contribution in [2.45, 2.75) is 38.4 Å². The first kappa shape index (κ1) is 24.8. The minimum absolute atomic E-state index is 0.0565. The third-order valence-electron chi connectivity index (χ3n) is 5.41. The molecule has 13 heteroatoms. The number of anilines is 3.